The maximum Gasteiger partial charge on any atom is 0.128 e. The number of piperazine rings is 1. The lowest BCUT2D eigenvalue weighted by atomic mass is 9.95. The van der Waals surface area contributed by atoms with Gasteiger partial charge in [-0.1, -0.05) is 63.4 Å². The van der Waals surface area contributed by atoms with E-state index in [9.17, 15) is 0 Å². The van der Waals surface area contributed by atoms with Crippen molar-refractivity contribution in [2.24, 2.45) is 0 Å². The van der Waals surface area contributed by atoms with Crippen LogP contribution in [0.1, 0.15) is 69.2 Å². The zero-order valence-corrected chi connectivity index (χ0v) is 20.2. The van der Waals surface area contributed by atoms with E-state index < -0.39 is 0 Å². The van der Waals surface area contributed by atoms with Crippen molar-refractivity contribution in [3.05, 3.63) is 66.0 Å². The van der Waals surface area contributed by atoms with Crippen LogP contribution >= 0.6 is 0 Å². The Kier molecular flexibility index (Phi) is 6.77. The molecular formula is C28H37N5. The van der Waals surface area contributed by atoms with E-state index >= 15 is 0 Å². The van der Waals surface area contributed by atoms with E-state index in [1.165, 1.54) is 54.6 Å². The molecular weight excluding hydrogens is 406 g/mol. The highest BCUT2D eigenvalue weighted by molar-refractivity contribution is 5.61. The summed E-state index contributed by atoms with van der Waals surface area (Å²) in [5.41, 5.74) is 5.19. The summed E-state index contributed by atoms with van der Waals surface area (Å²) in [6.07, 6.45) is 8.39. The highest BCUT2D eigenvalue weighted by Gasteiger charge is 2.23. The van der Waals surface area contributed by atoms with Gasteiger partial charge in [0.15, 0.2) is 0 Å². The first-order valence-electron chi connectivity index (χ1n) is 12.7. The Bertz CT molecular complexity index is 1010. The van der Waals surface area contributed by atoms with Crippen LogP contribution in [0.25, 0.3) is 11.3 Å². The van der Waals surface area contributed by atoms with Crippen LogP contribution in [0, 0.1) is 0 Å². The summed E-state index contributed by atoms with van der Waals surface area (Å²) in [6.45, 7) is 9.57. The zero-order chi connectivity index (χ0) is 22.6. The van der Waals surface area contributed by atoms with Crippen LogP contribution in [0.4, 0.5) is 5.82 Å². The molecule has 3 aromatic rings. The minimum atomic E-state index is 0.535. The molecule has 2 aliphatic rings. The van der Waals surface area contributed by atoms with Gasteiger partial charge in [0.1, 0.15) is 5.82 Å². The second-order valence-electron chi connectivity index (χ2n) is 9.99. The summed E-state index contributed by atoms with van der Waals surface area (Å²) in [6, 6.07) is 18.2. The summed E-state index contributed by atoms with van der Waals surface area (Å²) in [4.78, 5) is 9.45. The van der Waals surface area contributed by atoms with Crippen LogP contribution < -0.4 is 4.90 Å². The van der Waals surface area contributed by atoms with Gasteiger partial charge in [0.05, 0.1) is 17.4 Å². The van der Waals surface area contributed by atoms with Gasteiger partial charge < -0.3 is 4.90 Å². The highest BCUT2D eigenvalue weighted by Crippen LogP contribution is 2.33. The third-order valence-corrected chi connectivity index (χ3v) is 7.31. The molecule has 2 fully saturated rings. The van der Waals surface area contributed by atoms with Gasteiger partial charge in [-0.2, -0.15) is 5.10 Å². The van der Waals surface area contributed by atoms with Crippen molar-refractivity contribution in [1.82, 2.24) is 19.7 Å². The number of nitrogens with zero attached hydrogens (tertiary/aromatic N) is 5. The SMILES string of the molecule is CC(C)c1ccc(-c2cc(CN3CCN(c4ccccn4)CC3)nn2C2CCCCC2)cc1. The molecule has 1 aliphatic heterocycles. The van der Waals surface area contributed by atoms with Crippen LogP contribution in [0.3, 0.4) is 0 Å². The molecule has 0 bridgehead atoms. The molecule has 3 heterocycles. The van der Waals surface area contributed by atoms with Crippen LogP contribution in [-0.4, -0.2) is 45.8 Å². The molecule has 33 heavy (non-hydrogen) atoms. The third kappa shape index (κ3) is 5.14. The Hall–Kier alpha value is -2.66. The van der Waals surface area contributed by atoms with Crippen molar-refractivity contribution in [3.63, 3.8) is 0 Å². The maximum absolute atomic E-state index is 5.19. The third-order valence-electron chi connectivity index (χ3n) is 7.31. The highest BCUT2D eigenvalue weighted by atomic mass is 15.3. The topological polar surface area (TPSA) is 37.2 Å². The molecule has 0 atom stereocenters. The van der Waals surface area contributed by atoms with Crippen molar-refractivity contribution < 1.29 is 0 Å². The molecule has 1 saturated heterocycles. The molecule has 5 heteroatoms. The lowest BCUT2D eigenvalue weighted by Crippen LogP contribution is -2.46. The Morgan fingerprint density at radius 2 is 1.67 bits per heavy atom. The van der Waals surface area contributed by atoms with E-state index in [1.807, 2.05) is 12.3 Å². The van der Waals surface area contributed by atoms with Crippen molar-refractivity contribution in [3.8, 4) is 11.3 Å². The molecule has 5 nitrogen and oxygen atoms in total. The van der Waals surface area contributed by atoms with Gasteiger partial charge in [0, 0.05) is 38.9 Å². The minimum Gasteiger partial charge on any atom is -0.354 e. The van der Waals surface area contributed by atoms with Gasteiger partial charge >= 0.3 is 0 Å². The van der Waals surface area contributed by atoms with E-state index in [0.717, 1.165) is 38.5 Å². The predicted octanol–water partition coefficient (Wildman–Crippen LogP) is 5.90. The van der Waals surface area contributed by atoms with E-state index in [0.29, 0.717) is 12.0 Å². The first-order valence-corrected chi connectivity index (χ1v) is 12.7. The Morgan fingerprint density at radius 1 is 0.909 bits per heavy atom. The van der Waals surface area contributed by atoms with Gasteiger partial charge in [-0.05, 0) is 48.1 Å². The molecule has 0 radical (unpaired) electrons. The molecule has 5 rings (SSSR count). The number of pyridine rings is 1. The van der Waals surface area contributed by atoms with Gasteiger partial charge in [-0.25, -0.2) is 4.98 Å². The van der Waals surface area contributed by atoms with Crippen LogP contribution in [0.2, 0.25) is 0 Å². The smallest absolute Gasteiger partial charge is 0.128 e. The number of benzene rings is 1. The first-order chi connectivity index (χ1) is 16.2. The van der Waals surface area contributed by atoms with E-state index in [4.69, 9.17) is 5.10 Å². The van der Waals surface area contributed by atoms with Crippen molar-refractivity contribution in [1.29, 1.82) is 0 Å². The molecule has 0 N–H and O–H groups in total. The minimum absolute atomic E-state index is 0.535. The maximum atomic E-state index is 5.19. The van der Waals surface area contributed by atoms with E-state index in [-0.39, 0.29) is 0 Å². The summed E-state index contributed by atoms with van der Waals surface area (Å²) in [7, 11) is 0. The molecule has 1 saturated carbocycles. The Labute approximate surface area is 198 Å². The zero-order valence-electron chi connectivity index (χ0n) is 20.2. The average molecular weight is 444 g/mol. The lowest BCUT2D eigenvalue weighted by molar-refractivity contribution is 0.244. The standard InChI is InChI=1S/C28H37N5/c1-22(2)23-11-13-24(14-12-23)27-20-25(30-33(27)26-8-4-3-5-9-26)21-31-16-18-32(19-17-31)28-10-6-7-15-29-28/h6-7,10-15,20,22,26H,3-5,8-9,16-19,21H2,1-2H3. The van der Waals surface area contributed by atoms with Crippen molar-refractivity contribution >= 4 is 5.82 Å². The number of aromatic nitrogens is 3. The van der Waals surface area contributed by atoms with E-state index in [2.05, 4.69) is 75.8 Å². The second-order valence-corrected chi connectivity index (χ2v) is 9.99. The van der Waals surface area contributed by atoms with Crippen molar-refractivity contribution in [2.75, 3.05) is 31.1 Å². The first kappa shape index (κ1) is 22.1. The molecule has 1 aliphatic carbocycles. The van der Waals surface area contributed by atoms with E-state index in [1.54, 1.807) is 0 Å². The lowest BCUT2D eigenvalue weighted by Gasteiger charge is -2.35. The predicted molar refractivity (Wildman–Crippen MR) is 136 cm³/mol. The fourth-order valence-corrected chi connectivity index (χ4v) is 5.29. The number of rotatable bonds is 6. The van der Waals surface area contributed by atoms with Gasteiger partial charge in [0.2, 0.25) is 0 Å². The number of hydrogen-bond donors (Lipinski definition) is 0. The van der Waals surface area contributed by atoms with Crippen molar-refractivity contribution in [2.45, 2.75) is 64.5 Å². The monoisotopic (exact) mass is 443 g/mol. The fourth-order valence-electron chi connectivity index (χ4n) is 5.29. The summed E-state index contributed by atoms with van der Waals surface area (Å²) >= 11 is 0. The molecule has 0 amide bonds. The molecule has 174 valence electrons. The van der Waals surface area contributed by atoms with Gasteiger partial charge in [-0.3, -0.25) is 9.58 Å². The average Bonchev–Trinajstić information content (AvgIpc) is 3.29. The second kappa shape index (κ2) is 10.1. The summed E-state index contributed by atoms with van der Waals surface area (Å²) in [5.74, 6) is 1.65. The Balaban J connectivity index is 1.32. The fraction of sp³-hybridized carbons (Fsp3) is 0.500. The number of hydrogen-bond acceptors (Lipinski definition) is 4. The summed E-state index contributed by atoms with van der Waals surface area (Å²) in [5, 5.41) is 5.19. The molecule has 0 unspecified atom stereocenters. The normalized spacial score (nSPS) is 18.2. The Morgan fingerprint density at radius 3 is 2.33 bits per heavy atom. The molecule has 1 aromatic carbocycles. The van der Waals surface area contributed by atoms with Gasteiger partial charge in [-0.15, -0.1) is 0 Å². The van der Waals surface area contributed by atoms with Crippen LogP contribution in [0.5, 0.6) is 0 Å². The molecule has 2 aromatic heterocycles. The quantitative estimate of drug-likeness (QED) is 0.476. The van der Waals surface area contributed by atoms with Gasteiger partial charge in [0.25, 0.3) is 0 Å². The number of anilines is 1. The van der Waals surface area contributed by atoms with Crippen LogP contribution in [0.15, 0.2) is 54.7 Å². The summed E-state index contributed by atoms with van der Waals surface area (Å²) < 4.78 is 2.36. The molecule has 0 spiro atoms. The van der Waals surface area contributed by atoms with Crippen LogP contribution in [-0.2, 0) is 6.54 Å². The largest absolute Gasteiger partial charge is 0.354 e.